The van der Waals surface area contributed by atoms with Crippen LogP contribution in [0.1, 0.15) is 43.4 Å². The van der Waals surface area contributed by atoms with Crippen molar-refractivity contribution in [2.45, 2.75) is 32.2 Å². The van der Waals surface area contributed by atoms with E-state index in [1.807, 2.05) is 13.0 Å². The van der Waals surface area contributed by atoms with Crippen molar-refractivity contribution < 1.29 is 17.6 Å². The molecule has 0 saturated heterocycles. The third-order valence-corrected chi connectivity index (χ3v) is 4.97. The summed E-state index contributed by atoms with van der Waals surface area (Å²) in [4.78, 5) is 12.6. The van der Waals surface area contributed by atoms with Gasteiger partial charge in [0, 0.05) is 18.5 Å². The molecule has 1 amide bonds. The van der Waals surface area contributed by atoms with Gasteiger partial charge >= 0.3 is 0 Å². The summed E-state index contributed by atoms with van der Waals surface area (Å²) in [5, 5.41) is 5.92. The van der Waals surface area contributed by atoms with Gasteiger partial charge in [0.05, 0.1) is 18.0 Å². The van der Waals surface area contributed by atoms with Crippen molar-refractivity contribution in [2.24, 2.45) is 5.10 Å². The van der Waals surface area contributed by atoms with Crippen molar-refractivity contribution in [3.05, 3.63) is 65.5 Å². The second-order valence-corrected chi connectivity index (χ2v) is 8.51. The third-order valence-electron chi connectivity index (χ3n) is 4.36. The topological polar surface area (TPSA) is 78.8 Å². The highest BCUT2D eigenvalue weighted by Gasteiger charge is 2.32. The molecule has 1 N–H and O–H groups in total. The van der Waals surface area contributed by atoms with E-state index in [0.29, 0.717) is 41.8 Å². The Kier molecular flexibility index (Phi) is 5.79. The van der Waals surface area contributed by atoms with Gasteiger partial charge in [-0.05, 0) is 41.8 Å². The van der Waals surface area contributed by atoms with Crippen molar-refractivity contribution >= 4 is 27.3 Å². The Morgan fingerprint density at radius 1 is 1.25 bits per heavy atom. The molecule has 1 aliphatic rings. The van der Waals surface area contributed by atoms with Gasteiger partial charge in [0.1, 0.15) is 5.82 Å². The van der Waals surface area contributed by atoms with Gasteiger partial charge in [0.15, 0.2) is 0 Å². The predicted molar refractivity (Wildman–Crippen MR) is 107 cm³/mol. The van der Waals surface area contributed by atoms with Crippen LogP contribution in [0.25, 0.3) is 0 Å². The zero-order valence-corrected chi connectivity index (χ0v) is 16.5. The molecule has 3 rings (SSSR count). The van der Waals surface area contributed by atoms with Crippen molar-refractivity contribution in [1.29, 1.82) is 0 Å². The van der Waals surface area contributed by atoms with E-state index >= 15 is 0 Å². The van der Waals surface area contributed by atoms with Gasteiger partial charge in [-0.15, -0.1) is 0 Å². The van der Waals surface area contributed by atoms with Crippen LogP contribution in [0.4, 0.5) is 10.1 Å². The Balaban J connectivity index is 1.95. The number of benzene rings is 2. The van der Waals surface area contributed by atoms with Gasteiger partial charge in [0.25, 0.3) is 0 Å². The monoisotopic (exact) mass is 403 g/mol. The lowest BCUT2D eigenvalue weighted by molar-refractivity contribution is -0.133. The Labute approximate surface area is 164 Å². The molecule has 1 atom stereocenters. The van der Waals surface area contributed by atoms with E-state index in [4.69, 9.17) is 0 Å². The molecular formula is C20H22FN3O3S. The Morgan fingerprint density at radius 2 is 2.00 bits per heavy atom. The molecule has 6 nitrogen and oxygen atoms in total. The van der Waals surface area contributed by atoms with Gasteiger partial charge in [-0.1, -0.05) is 31.2 Å². The van der Waals surface area contributed by atoms with E-state index in [9.17, 15) is 17.6 Å². The number of hydrogen-bond donors (Lipinski definition) is 1. The summed E-state index contributed by atoms with van der Waals surface area (Å²) in [7, 11) is -3.40. The standard InChI is InChI=1S/C20H22FN3O3S/c1-3-6-20(25)24-19(15-8-4-9-16(21)11-15)13-18(22-24)14-7-5-10-17(12-14)23-28(2,26)27/h4-5,7-12,19,23H,3,6,13H2,1-2H3/t19-/m0/s1. The first kappa shape index (κ1) is 20.0. The molecule has 2 aromatic carbocycles. The molecule has 1 aliphatic heterocycles. The largest absolute Gasteiger partial charge is 0.284 e. The molecule has 0 spiro atoms. The maximum Gasteiger partial charge on any atom is 0.243 e. The van der Waals surface area contributed by atoms with Crippen LogP contribution in [-0.4, -0.2) is 31.3 Å². The van der Waals surface area contributed by atoms with E-state index < -0.39 is 16.1 Å². The smallest absolute Gasteiger partial charge is 0.243 e. The number of hydrazone groups is 1. The summed E-state index contributed by atoms with van der Waals surface area (Å²) in [6.07, 6.45) is 2.53. The number of halogens is 1. The molecule has 28 heavy (non-hydrogen) atoms. The van der Waals surface area contributed by atoms with Crippen LogP contribution < -0.4 is 4.72 Å². The number of nitrogens with one attached hydrogen (secondary N) is 1. The van der Waals surface area contributed by atoms with Crippen molar-refractivity contribution in [1.82, 2.24) is 5.01 Å². The number of sulfonamides is 1. The first-order chi connectivity index (χ1) is 13.3. The molecule has 0 radical (unpaired) electrons. The zero-order chi connectivity index (χ0) is 20.3. The van der Waals surface area contributed by atoms with Gasteiger partial charge in [0.2, 0.25) is 15.9 Å². The molecule has 148 valence electrons. The molecule has 2 aromatic rings. The van der Waals surface area contributed by atoms with Crippen molar-refractivity contribution in [3.8, 4) is 0 Å². The maximum atomic E-state index is 13.7. The van der Waals surface area contributed by atoms with E-state index in [-0.39, 0.29) is 11.7 Å². The summed E-state index contributed by atoms with van der Waals surface area (Å²) < 4.78 is 39.1. The van der Waals surface area contributed by atoms with Crippen molar-refractivity contribution in [2.75, 3.05) is 11.0 Å². The fraction of sp³-hybridized carbons (Fsp3) is 0.300. The molecular weight excluding hydrogens is 381 g/mol. The Hall–Kier alpha value is -2.74. The van der Waals surface area contributed by atoms with Gasteiger partial charge < -0.3 is 0 Å². The highest BCUT2D eigenvalue weighted by atomic mass is 32.2. The lowest BCUT2D eigenvalue weighted by Gasteiger charge is -2.22. The van der Waals surface area contributed by atoms with Crippen LogP contribution in [0.15, 0.2) is 53.6 Å². The van der Waals surface area contributed by atoms with E-state index in [2.05, 4.69) is 9.82 Å². The van der Waals surface area contributed by atoms with Crippen LogP contribution in [0, 0.1) is 5.82 Å². The summed E-state index contributed by atoms with van der Waals surface area (Å²) in [5.74, 6) is -0.495. The van der Waals surface area contributed by atoms with Crippen molar-refractivity contribution in [3.63, 3.8) is 0 Å². The number of amides is 1. The van der Waals surface area contributed by atoms with Gasteiger partial charge in [-0.3, -0.25) is 9.52 Å². The van der Waals surface area contributed by atoms with Crippen LogP contribution in [0.2, 0.25) is 0 Å². The Morgan fingerprint density at radius 3 is 2.68 bits per heavy atom. The summed E-state index contributed by atoms with van der Waals surface area (Å²) in [5.41, 5.74) is 2.45. The Bertz CT molecular complexity index is 1020. The van der Waals surface area contributed by atoms with E-state index in [1.54, 1.807) is 30.3 Å². The summed E-state index contributed by atoms with van der Waals surface area (Å²) in [6, 6.07) is 12.6. The number of nitrogens with zero attached hydrogens (tertiary/aromatic N) is 2. The van der Waals surface area contributed by atoms with Crippen LogP contribution in [0.5, 0.6) is 0 Å². The average molecular weight is 403 g/mol. The predicted octanol–water partition coefficient (Wildman–Crippen LogP) is 3.68. The van der Waals surface area contributed by atoms with E-state index in [0.717, 1.165) is 6.26 Å². The lowest BCUT2D eigenvalue weighted by atomic mass is 9.98. The average Bonchev–Trinajstić information content (AvgIpc) is 3.06. The van der Waals surface area contributed by atoms with Crippen LogP contribution >= 0.6 is 0 Å². The SMILES string of the molecule is CCCC(=O)N1N=C(c2cccc(NS(C)(=O)=O)c2)C[C@H]1c1cccc(F)c1. The lowest BCUT2D eigenvalue weighted by Crippen LogP contribution is -2.26. The van der Waals surface area contributed by atoms with Gasteiger partial charge in [-0.25, -0.2) is 17.8 Å². The molecule has 1 heterocycles. The maximum absolute atomic E-state index is 13.7. The minimum Gasteiger partial charge on any atom is -0.284 e. The second kappa shape index (κ2) is 8.10. The number of carbonyl (C=O) groups excluding carboxylic acids is 1. The quantitative estimate of drug-likeness (QED) is 0.799. The first-order valence-electron chi connectivity index (χ1n) is 9.00. The van der Waals surface area contributed by atoms with Crippen LogP contribution in [-0.2, 0) is 14.8 Å². The number of hydrogen-bond acceptors (Lipinski definition) is 4. The molecule has 0 fully saturated rings. The minimum atomic E-state index is -3.40. The molecule has 8 heteroatoms. The zero-order valence-electron chi connectivity index (χ0n) is 15.7. The normalized spacial score (nSPS) is 16.8. The molecule has 0 aliphatic carbocycles. The molecule has 0 unspecified atom stereocenters. The summed E-state index contributed by atoms with van der Waals surface area (Å²) >= 11 is 0. The minimum absolute atomic E-state index is 0.128. The number of anilines is 1. The highest BCUT2D eigenvalue weighted by molar-refractivity contribution is 7.92. The van der Waals surface area contributed by atoms with E-state index in [1.165, 1.54) is 17.1 Å². The first-order valence-corrected chi connectivity index (χ1v) is 10.9. The highest BCUT2D eigenvalue weighted by Crippen LogP contribution is 2.34. The van der Waals surface area contributed by atoms with Crippen LogP contribution in [0.3, 0.4) is 0 Å². The molecule has 0 aromatic heterocycles. The fourth-order valence-corrected chi connectivity index (χ4v) is 3.75. The molecule has 0 saturated carbocycles. The van der Waals surface area contributed by atoms with Gasteiger partial charge in [-0.2, -0.15) is 5.10 Å². The summed E-state index contributed by atoms with van der Waals surface area (Å²) in [6.45, 7) is 1.91. The third kappa shape index (κ3) is 4.75. The second-order valence-electron chi connectivity index (χ2n) is 6.76. The fourth-order valence-electron chi connectivity index (χ4n) is 3.19. The molecule has 0 bridgehead atoms. The number of rotatable bonds is 6. The number of carbonyl (C=O) groups is 1.